The lowest BCUT2D eigenvalue weighted by Gasteiger charge is -2.22. The lowest BCUT2D eigenvalue weighted by atomic mass is 9.84. The maximum absolute atomic E-state index is 11.2. The molecule has 11 heavy (non-hydrogen) atoms. The Morgan fingerprint density at radius 3 is 2.27 bits per heavy atom. The maximum Gasteiger partial charge on any atom is 0.238 e. The van der Waals surface area contributed by atoms with Crippen LogP contribution in [0.15, 0.2) is 0 Å². The van der Waals surface area contributed by atoms with Crippen LogP contribution in [0, 0.1) is 16.9 Å². The number of hydrogen-bond donors (Lipinski definition) is 1. The second kappa shape index (κ2) is 3.97. The lowest BCUT2D eigenvalue weighted by molar-refractivity contribution is -0.129. The van der Waals surface area contributed by atoms with Crippen molar-refractivity contribution in [1.82, 2.24) is 5.32 Å². The number of amides is 1. The third-order valence-electron chi connectivity index (χ3n) is 2.28. The highest BCUT2D eigenvalue weighted by atomic mass is 16.2. The second-order valence-corrected chi connectivity index (χ2v) is 2.83. The quantitative estimate of drug-likeness (QED) is 0.493. The van der Waals surface area contributed by atoms with E-state index in [0.29, 0.717) is 0 Å². The van der Waals surface area contributed by atoms with Crippen LogP contribution in [0.1, 0.15) is 33.6 Å². The summed E-state index contributed by atoms with van der Waals surface area (Å²) in [5.41, 5.74) is -0.379. The number of nitriles is 1. The Bertz CT molecular complexity index is 177. The number of nitrogens with zero attached hydrogens (tertiary/aromatic N) is 1. The van der Waals surface area contributed by atoms with Crippen LogP contribution in [0.5, 0.6) is 0 Å². The van der Waals surface area contributed by atoms with E-state index in [1.54, 1.807) is 6.19 Å². The molecule has 1 amide bonds. The van der Waals surface area contributed by atoms with Gasteiger partial charge in [-0.3, -0.25) is 10.1 Å². The molecule has 0 aromatic carbocycles. The van der Waals surface area contributed by atoms with Gasteiger partial charge in [-0.25, -0.2) is 0 Å². The number of nitrogens with one attached hydrogen (secondary N) is 1. The molecule has 0 aromatic heterocycles. The third kappa shape index (κ3) is 2.23. The summed E-state index contributed by atoms with van der Waals surface area (Å²) in [6.45, 7) is 5.75. The molecule has 3 heteroatoms. The van der Waals surface area contributed by atoms with E-state index in [0.717, 1.165) is 12.8 Å². The van der Waals surface area contributed by atoms with Gasteiger partial charge in [0.1, 0.15) is 0 Å². The summed E-state index contributed by atoms with van der Waals surface area (Å²) in [7, 11) is 0. The molecule has 1 N–H and O–H groups in total. The number of carbonyl (C=O) groups is 1. The summed E-state index contributed by atoms with van der Waals surface area (Å²) in [4.78, 5) is 11.2. The molecule has 0 atom stereocenters. The fourth-order valence-corrected chi connectivity index (χ4v) is 0.773. The number of carbonyl (C=O) groups excluding carboxylic acids is 1. The minimum atomic E-state index is -0.379. The number of rotatable bonds is 3. The number of hydrogen-bond acceptors (Lipinski definition) is 2. The molecule has 0 unspecified atom stereocenters. The molecule has 0 aliphatic heterocycles. The van der Waals surface area contributed by atoms with Crippen LogP contribution in [0.3, 0.4) is 0 Å². The van der Waals surface area contributed by atoms with Crippen molar-refractivity contribution < 1.29 is 4.79 Å². The molecule has 0 aromatic rings. The SMILES string of the molecule is CCC(C)(CC)C(=O)NC#N. The Labute approximate surface area is 67.4 Å². The monoisotopic (exact) mass is 154 g/mol. The summed E-state index contributed by atoms with van der Waals surface area (Å²) >= 11 is 0. The second-order valence-electron chi connectivity index (χ2n) is 2.83. The third-order valence-corrected chi connectivity index (χ3v) is 2.28. The first-order valence-electron chi connectivity index (χ1n) is 3.80. The van der Waals surface area contributed by atoms with Gasteiger partial charge in [0.25, 0.3) is 0 Å². The van der Waals surface area contributed by atoms with Crippen molar-refractivity contribution in [2.75, 3.05) is 0 Å². The highest BCUT2D eigenvalue weighted by Crippen LogP contribution is 2.24. The van der Waals surface area contributed by atoms with Crippen LogP contribution in [0.4, 0.5) is 0 Å². The summed E-state index contributed by atoms with van der Waals surface area (Å²) in [6, 6.07) is 0. The van der Waals surface area contributed by atoms with Gasteiger partial charge in [-0.1, -0.05) is 20.8 Å². The maximum atomic E-state index is 11.2. The molecule has 0 bridgehead atoms. The molecule has 0 aliphatic carbocycles. The van der Waals surface area contributed by atoms with Gasteiger partial charge < -0.3 is 0 Å². The van der Waals surface area contributed by atoms with E-state index in [-0.39, 0.29) is 11.3 Å². The van der Waals surface area contributed by atoms with Crippen LogP contribution >= 0.6 is 0 Å². The summed E-state index contributed by atoms with van der Waals surface area (Å²) in [5, 5.41) is 10.4. The fourth-order valence-electron chi connectivity index (χ4n) is 0.773. The van der Waals surface area contributed by atoms with Crippen molar-refractivity contribution in [3.05, 3.63) is 0 Å². The van der Waals surface area contributed by atoms with Crippen molar-refractivity contribution in [3.8, 4) is 6.19 Å². The van der Waals surface area contributed by atoms with E-state index in [4.69, 9.17) is 5.26 Å². The first-order chi connectivity index (χ1) is 5.10. The van der Waals surface area contributed by atoms with E-state index >= 15 is 0 Å². The van der Waals surface area contributed by atoms with Crippen LogP contribution in [0.2, 0.25) is 0 Å². The van der Waals surface area contributed by atoms with Gasteiger partial charge in [0.15, 0.2) is 6.19 Å². The van der Waals surface area contributed by atoms with Gasteiger partial charge in [0, 0.05) is 5.41 Å². The molecule has 0 spiro atoms. The highest BCUT2D eigenvalue weighted by Gasteiger charge is 2.28. The molecule has 0 rings (SSSR count). The zero-order valence-electron chi connectivity index (χ0n) is 7.27. The minimum Gasteiger partial charge on any atom is -0.273 e. The predicted molar refractivity (Wildman–Crippen MR) is 42.4 cm³/mol. The van der Waals surface area contributed by atoms with Gasteiger partial charge in [-0.05, 0) is 12.8 Å². The zero-order valence-corrected chi connectivity index (χ0v) is 7.27. The van der Waals surface area contributed by atoms with Gasteiger partial charge in [-0.15, -0.1) is 0 Å². The minimum absolute atomic E-state index is 0.176. The van der Waals surface area contributed by atoms with Crippen LogP contribution < -0.4 is 5.32 Å². The summed E-state index contributed by atoms with van der Waals surface area (Å²) in [5.74, 6) is -0.176. The van der Waals surface area contributed by atoms with Gasteiger partial charge >= 0.3 is 0 Å². The molecule has 62 valence electrons. The standard InChI is InChI=1S/C8H14N2O/c1-4-8(3,5-2)7(11)10-6-9/h4-5H2,1-3H3,(H,10,11). The highest BCUT2D eigenvalue weighted by molar-refractivity contribution is 5.83. The summed E-state index contributed by atoms with van der Waals surface area (Å²) < 4.78 is 0. The molecular weight excluding hydrogens is 140 g/mol. The molecule has 3 nitrogen and oxygen atoms in total. The Morgan fingerprint density at radius 2 is 2.00 bits per heavy atom. The Kier molecular flexibility index (Phi) is 3.59. The average Bonchev–Trinajstić information content (AvgIpc) is 2.03. The topological polar surface area (TPSA) is 52.9 Å². The molecule has 0 saturated carbocycles. The van der Waals surface area contributed by atoms with E-state index in [2.05, 4.69) is 5.32 Å². The largest absolute Gasteiger partial charge is 0.273 e. The van der Waals surface area contributed by atoms with E-state index < -0.39 is 0 Å². The first kappa shape index (κ1) is 9.96. The molecule has 0 heterocycles. The fraction of sp³-hybridized carbons (Fsp3) is 0.750. The Balaban J connectivity index is 4.27. The molecule has 0 aliphatic rings. The van der Waals surface area contributed by atoms with E-state index in [1.807, 2.05) is 20.8 Å². The van der Waals surface area contributed by atoms with Crippen molar-refractivity contribution in [3.63, 3.8) is 0 Å². The van der Waals surface area contributed by atoms with Crippen molar-refractivity contribution >= 4 is 5.91 Å². The normalized spacial score (nSPS) is 10.4. The van der Waals surface area contributed by atoms with Gasteiger partial charge in [-0.2, -0.15) is 5.26 Å². The van der Waals surface area contributed by atoms with Crippen molar-refractivity contribution in [2.45, 2.75) is 33.6 Å². The predicted octanol–water partition coefficient (Wildman–Crippen LogP) is 1.41. The smallest absolute Gasteiger partial charge is 0.238 e. The Morgan fingerprint density at radius 1 is 1.55 bits per heavy atom. The van der Waals surface area contributed by atoms with Gasteiger partial charge in [0.2, 0.25) is 5.91 Å². The van der Waals surface area contributed by atoms with E-state index in [1.165, 1.54) is 0 Å². The van der Waals surface area contributed by atoms with Crippen molar-refractivity contribution in [1.29, 1.82) is 5.26 Å². The lowest BCUT2D eigenvalue weighted by Crippen LogP contribution is -2.35. The molecule has 0 fully saturated rings. The van der Waals surface area contributed by atoms with Crippen molar-refractivity contribution in [2.24, 2.45) is 5.41 Å². The van der Waals surface area contributed by atoms with Crippen LogP contribution in [-0.4, -0.2) is 5.91 Å². The molecular formula is C8H14N2O. The zero-order chi connectivity index (χ0) is 8.91. The Hall–Kier alpha value is -1.04. The summed E-state index contributed by atoms with van der Waals surface area (Å²) in [6.07, 6.45) is 3.16. The molecule has 0 saturated heterocycles. The van der Waals surface area contributed by atoms with Gasteiger partial charge in [0.05, 0.1) is 0 Å². The van der Waals surface area contributed by atoms with Crippen LogP contribution in [-0.2, 0) is 4.79 Å². The average molecular weight is 154 g/mol. The first-order valence-corrected chi connectivity index (χ1v) is 3.80. The van der Waals surface area contributed by atoms with Crippen LogP contribution in [0.25, 0.3) is 0 Å². The molecule has 0 radical (unpaired) electrons. The van der Waals surface area contributed by atoms with E-state index in [9.17, 15) is 4.79 Å².